The van der Waals surface area contributed by atoms with E-state index in [0.717, 1.165) is 36.0 Å². The van der Waals surface area contributed by atoms with Crippen LogP contribution in [0.15, 0.2) is 30.3 Å². The Bertz CT molecular complexity index is 580. The lowest BCUT2D eigenvalue weighted by Crippen LogP contribution is -2.42. The van der Waals surface area contributed by atoms with E-state index in [1.807, 2.05) is 42.1 Å². The first-order valence-electron chi connectivity index (χ1n) is 7.34. The van der Waals surface area contributed by atoms with Gasteiger partial charge in [0, 0.05) is 12.6 Å². The number of rotatable bonds is 2. The minimum atomic E-state index is -0.318. The van der Waals surface area contributed by atoms with Crippen LogP contribution in [-0.2, 0) is 12.6 Å². The number of benzene rings is 1. The topological polar surface area (TPSA) is 56.7 Å². The van der Waals surface area contributed by atoms with E-state index in [-0.39, 0.29) is 5.54 Å². The summed E-state index contributed by atoms with van der Waals surface area (Å²) < 4.78 is 1.86. The average Bonchev–Trinajstić information content (AvgIpc) is 2.86. The van der Waals surface area contributed by atoms with Gasteiger partial charge in [0.05, 0.1) is 5.54 Å². The summed E-state index contributed by atoms with van der Waals surface area (Å²) in [5.74, 6) is 2.46. The zero-order valence-corrected chi connectivity index (χ0v) is 12.2. The molecular formula is C16H22N4. The summed E-state index contributed by atoms with van der Waals surface area (Å²) in [5.41, 5.74) is 7.34. The number of aryl methyl sites for hydroxylation is 1. The van der Waals surface area contributed by atoms with Gasteiger partial charge in [0.2, 0.25) is 0 Å². The molecule has 4 nitrogen and oxygen atoms in total. The second-order valence-electron chi connectivity index (χ2n) is 6.09. The van der Waals surface area contributed by atoms with Gasteiger partial charge in [-0.25, -0.2) is 4.98 Å². The molecule has 2 aromatic rings. The number of hydrogen-bond donors (Lipinski definition) is 1. The highest BCUT2D eigenvalue weighted by atomic mass is 15.3. The molecule has 1 aliphatic carbocycles. The summed E-state index contributed by atoms with van der Waals surface area (Å²) in [7, 11) is 1.95. The highest BCUT2D eigenvalue weighted by molar-refractivity contribution is 5.54. The molecule has 0 atom stereocenters. The van der Waals surface area contributed by atoms with Crippen LogP contribution in [-0.4, -0.2) is 14.8 Å². The number of nitrogens with zero attached hydrogens (tertiary/aromatic N) is 3. The number of nitrogens with two attached hydrogens (primary N) is 1. The third-order valence-electron chi connectivity index (χ3n) is 4.41. The maximum atomic E-state index is 6.61. The molecule has 3 rings (SSSR count). The first-order valence-corrected chi connectivity index (χ1v) is 7.34. The number of aromatic nitrogens is 3. The van der Waals surface area contributed by atoms with Crippen LogP contribution < -0.4 is 5.73 Å². The lowest BCUT2D eigenvalue weighted by Gasteiger charge is -2.34. The van der Waals surface area contributed by atoms with Crippen LogP contribution in [0.1, 0.15) is 38.4 Å². The molecule has 0 spiro atoms. The van der Waals surface area contributed by atoms with Gasteiger partial charge in [-0.3, -0.25) is 4.68 Å². The van der Waals surface area contributed by atoms with E-state index in [9.17, 15) is 0 Å². The SMILES string of the molecule is CC1CCC(N)(c2nc(-c3ccccc3)nn2C)CC1. The van der Waals surface area contributed by atoms with E-state index in [1.165, 1.54) is 12.8 Å². The third kappa shape index (κ3) is 2.36. The van der Waals surface area contributed by atoms with Crippen molar-refractivity contribution < 1.29 is 0 Å². The Morgan fingerprint density at radius 3 is 2.50 bits per heavy atom. The zero-order valence-electron chi connectivity index (χ0n) is 12.2. The average molecular weight is 270 g/mol. The molecule has 1 aromatic carbocycles. The molecule has 0 radical (unpaired) electrons. The molecule has 2 N–H and O–H groups in total. The van der Waals surface area contributed by atoms with Gasteiger partial charge in [0.1, 0.15) is 5.82 Å². The van der Waals surface area contributed by atoms with Crippen molar-refractivity contribution in [3.05, 3.63) is 36.2 Å². The zero-order chi connectivity index (χ0) is 14.2. The van der Waals surface area contributed by atoms with Gasteiger partial charge in [-0.1, -0.05) is 37.3 Å². The van der Waals surface area contributed by atoms with E-state index in [1.54, 1.807) is 0 Å². The minimum absolute atomic E-state index is 0.318. The lowest BCUT2D eigenvalue weighted by atomic mass is 9.77. The Balaban J connectivity index is 1.93. The van der Waals surface area contributed by atoms with Gasteiger partial charge < -0.3 is 5.73 Å². The van der Waals surface area contributed by atoms with Crippen molar-refractivity contribution in [3.8, 4) is 11.4 Å². The van der Waals surface area contributed by atoms with Gasteiger partial charge >= 0.3 is 0 Å². The third-order valence-corrected chi connectivity index (χ3v) is 4.41. The van der Waals surface area contributed by atoms with Crippen LogP contribution in [0.25, 0.3) is 11.4 Å². The Morgan fingerprint density at radius 2 is 1.85 bits per heavy atom. The summed E-state index contributed by atoms with van der Waals surface area (Å²) in [6.07, 6.45) is 4.33. The van der Waals surface area contributed by atoms with E-state index < -0.39 is 0 Å². The molecule has 1 fully saturated rings. The Hall–Kier alpha value is -1.68. The molecule has 4 heteroatoms. The van der Waals surface area contributed by atoms with Crippen LogP contribution in [0.5, 0.6) is 0 Å². The molecule has 0 unspecified atom stereocenters. The van der Waals surface area contributed by atoms with Gasteiger partial charge in [0.25, 0.3) is 0 Å². The van der Waals surface area contributed by atoms with E-state index in [2.05, 4.69) is 12.0 Å². The lowest BCUT2D eigenvalue weighted by molar-refractivity contribution is 0.231. The van der Waals surface area contributed by atoms with Crippen LogP contribution in [0.3, 0.4) is 0 Å². The minimum Gasteiger partial charge on any atom is -0.319 e. The fourth-order valence-electron chi connectivity index (χ4n) is 3.03. The molecule has 0 saturated heterocycles. The Labute approximate surface area is 120 Å². The quantitative estimate of drug-likeness (QED) is 0.913. The van der Waals surface area contributed by atoms with Crippen molar-refractivity contribution in [1.82, 2.24) is 14.8 Å². The second-order valence-corrected chi connectivity index (χ2v) is 6.09. The first kappa shape index (κ1) is 13.3. The van der Waals surface area contributed by atoms with Crippen molar-refractivity contribution in [2.24, 2.45) is 18.7 Å². The van der Waals surface area contributed by atoms with Crippen LogP contribution in [0, 0.1) is 5.92 Å². The molecule has 0 amide bonds. The normalized spacial score (nSPS) is 26.6. The van der Waals surface area contributed by atoms with Crippen LogP contribution >= 0.6 is 0 Å². The highest BCUT2D eigenvalue weighted by Gasteiger charge is 2.36. The summed E-state index contributed by atoms with van der Waals surface area (Å²) in [6, 6.07) is 10.1. The van der Waals surface area contributed by atoms with Crippen LogP contribution in [0.4, 0.5) is 0 Å². The fraction of sp³-hybridized carbons (Fsp3) is 0.500. The molecule has 0 bridgehead atoms. The van der Waals surface area contributed by atoms with Gasteiger partial charge in [0.15, 0.2) is 5.82 Å². The Morgan fingerprint density at radius 1 is 1.20 bits per heavy atom. The van der Waals surface area contributed by atoms with Gasteiger partial charge in [-0.05, 0) is 31.6 Å². The van der Waals surface area contributed by atoms with Gasteiger partial charge in [-0.2, -0.15) is 5.10 Å². The monoisotopic (exact) mass is 270 g/mol. The molecule has 20 heavy (non-hydrogen) atoms. The van der Waals surface area contributed by atoms with Crippen molar-refractivity contribution in [2.75, 3.05) is 0 Å². The highest BCUT2D eigenvalue weighted by Crippen LogP contribution is 2.36. The molecule has 1 aliphatic rings. The molecule has 1 heterocycles. The number of hydrogen-bond acceptors (Lipinski definition) is 3. The Kier molecular flexibility index (Phi) is 3.34. The first-order chi connectivity index (χ1) is 9.58. The van der Waals surface area contributed by atoms with E-state index >= 15 is 0 Å². The summed E-state index contributed by atoms with van der Waals surface area (Å²) in [5, 5.41) is 4.55. The van der Waals surface area contributed by atoms with Gasteiger partial charge in [-0.15, -0.1) is 0 Å². The fourth-order valence-corrected chi connectivity index (χ4v) is 3.03. The van der Waals surface area contributed by atoms with Crippen molar-refractivity contribution in [1.29, 1.82) is 0 Å². The molecule has 1 aromatic heterocycles. The summed E-state index contributed by atoms with van der Waals surface area (Å²) in [4.78, 5) is 4.73. The standard InChI is InChI=1S/C16H22N4/c1-12-8-10-16(17,11-9-12)15-18-14(19-20(15)2)13-6-4-3-5-7-13/h3-7,12H,8-11,17H2,1-2H3. The molecule has 1 saturated carbocycles. The smallest absolute Gasteiger partial charge is 0.181 e. The summed E-state index contributed by atoms with van der Waals surface area (Å²) >= 11 is 0. The maximum Gasteiger partial charge on any atom is 0.181 e. The van der Waals surface area contributed by atoms with Crippen molar-refractivity contribution in [3.63, 3.8) is 0 Å². The van der Waals surface area contributed by atoms with Crippen molar-refractivity contribution >= 4 is 0 Å². The van der Waals surface area contributed by atoms with Crippen LogP contribution in [0.2, 0.25) is 0 Å². The molecule has 0 aliphatic heterocycles. The maximum absolute atomic E-state index is 6.61. The van der Waals surface area contributed by atoms with Crippen molar-refractivity contribution in [2.45, 2.75) is 38.1 Å². The summed E-state index contributed by atoms with van der Waals surface area (Å²) in [6.45, 7) is 2.30. The largest absolute Gasteiger partial charge is 0.319 e. The predicted octanol–water partition coefficient (Wildman–Crippen LogP) is 2.85. The predicted molar refractivity (Wildman–Crippen MR) is 79.9 cm³/mol. The second kappa shape index (κ2) is 5.02. The van der Waals surface area contributed by atoms with E-state index in [0.29, 0.717) is 0 Å². The van der Waals surface area contributed by atoms with E-state index in [4.69, 9.17) is 10.7 Å². The molecular weight excluding hydrogens is 248 g/mol. The molecule has 106 valence electrons.